The molecular weight excluding hydrogens is 193 g/mol. The van der Waals surface area contributed by atoms with Crippen LogP contribution in [0.2, 0.25) is 0 Å². The first-order chi connectivity index (χ1) is 7.51. The van der Waals surface area contributed by atoms with Crippen molar-refractivity contribution in [3.05, 3.63) is 29.8 Å². The Morgan fingerprint density at radius 2 is 1.88 bits per heavy atom. The summed E-state index contributed by atoms with van der Waals surface area (Å²) in [6.07, 6.45) is 1.12. The molecule has 1 nitrogen and oxygen atoms in total. The smallest absolute Gasteiger partial charge is 0.139 e. The van der Waals surface area contributed by atoms with Gasteiger partial charge in [-0.15, -0.1) is 0 Å². The van der Waals surface area contributed by atoms with Crippen LogP contribution in [0.3, 0.4) is 0 Å². The van der Waals surface area contributed by atoms with E-state index in [-0.39, 0.29) is 0 Å². The third kappa shape index (κ3) is 2.06. The third-order valence-electron chi connectivity index (χ3n) is 3.98. The zero-order chi connectivity index (χ0) is 11.8. The lowest BCUT2D eigenvalue weighted by atomic mass is 9.76. The first kappa shape index (κ1) is 11.4. The monoisotopic (exact) mass is 213 g/mol. The van der Waals surface area contributed by atoms with Crippen molar-refractivity contribution in [1.29, 1.82) is 0 Å². The molecule has 1 unspecified atom stereocenters. The van der Waals surface area contributed by atoms with E-state index in [0.29, 0.717) is 11.3 Å². The van der Waals surface area contributed by atoms with Crippen LogP contribution >= 0.6 is 0 Å². The van der Waals surface area contributed by atoms with Crippen LogP contribution in [0.25, 0.3) is 0 Å². The summed E-state index contributed by atoms with van der Waals surface area (Å²) in [5, 5.41) is 0. The predicted molar refractivity (Wildman–Crippen MR) is 73.6 cm³/mol. The summed E-state index contributed by atoms with van der Waals surface area (Å²) < 4.78 is 0. The molecule has 84 valence electrons. The summed E-state index contributed by atoms with van der Waals surface area (Å²) in [5.41, 5.74) is 4.26. The average molecular weight is 213 g/mol. The number of nitrogens with zero attached hydrogens (tertiary/aromatic N) is 1. The normalized spacial score (nSPS) is 24.9. The molecule has 0 saturated carbocycles. The average Bonchev–Trinajstić information content (AvgIpc) is 2.63. The molecule has 1 aromatic rings. The Labute approximate surface area is 99.4 Å². The molecule has 0 saturated heterocycles. The van der Waals surface area contributed by atoms with Crippen molar-refractivity contribution in [2.45, 2.75) is 27.2 Å². The first-order valence-corrected chi connectivity index (χ1v) is 6.12. The van der Waals surface area contributed by atoms with Crippen molar-refractivity contribution in [2.75, 3.05) is 6.54 Å². The van der Waals surface area contributed by atoms with Crippen molar-refractivity contribution in [3.63, 3.8) is 0 Å². The Balaban J connectivity index is 2.17. The Morgan fingerprint density at radius 3 is 2.38 bits per heavy atom. The number of benzene rings is 1. The van der Waals surface area contributed by atoms with E-state index in [1.54, 1.807) is 0 Å². The van der Waals surface area contributed by atoms with Crippen molar-refractivity contribution in [3.8, 4) is 0 Å². The summed E-state index contributed by atoms with van der Waals surface area (Å²) in [7, 11) is 2.12. The Bertz CT molecular complexity index is 405. The van der Waals surface area contributed by atoms with Gasteiger partial charge in [-0.05, 0) is 23.3 Å². The molecular formula is C14H20BN. The second-order valence-corrected chi connectivity index (χ2v) is 5.61. The van der Waals surface area contributed by atoms with Gasteiger partial charge in [0, 0.05) is 12.3 Å². The van der Waals surface area contributed by atoms with Crippen LogP contribution in [0.1, 0.15) is 32.8 Å². The highest BCUT2D eigenvalue weighted by Gasteiger charge is 2.34. The fraction of sp³-hybridized carbons (Fsp3) is 0.500. The van der Waals surface area contributed by atoms with E-state index in [2.05, 4.69) is 52.9 Å². The van der Waals surface area contributed by atoms with E-state index in [1.807, 2.05) is 0 Å². The molecule has 0 aromatic heterocycles. The molecule has 1 atom stereocenters. The lowest BCUT2D eigenvalue weighted by Crippen LogP contribution is -2.24. The number of rotatable bonds is 2. The highest BCUT2D eigenvalue weighted by molar-refractivity contribution is 6.32. The van der Waals surface area contributed by atoms with E-state index in [1.165, 1.54) is 16.7 Å². The van der Waals surface area contributed by atoms with Crippen LogP contribution in [0.5, 0.6) is 0 Å². The Hall–Kier alpha value is -1.05. The second kappa shape index (κ2) is 4.08. The highest BCUT2D eigenvalue weighted by Crippen LogP contribution is 2.37. The van der Waals surface area contributed by atoms with Crippen LogP contribution in [-0.2, 0) is 0 Å². The van der Waals surface area contributed by atoms with E-state index >= 15 is 0 Å². The molecule has 1 aliphatic heterocycles. The fourth-order valence-corrected chi connectivity index (χ4v) is 2.10. The van der Waals surface area contributed by atoms with Gasteiger partial charge >= 0.3 is 0 Å². The maximum absolute atomic E-state index is 4.73. The van der Waals surface area contributed by atoms with E-state index < -0.39 is 0 Å². The summed E-state index contributed by atoms with van der Waals surface area (Å²) in [4.78, 5) is 4.73. The van der Waals surface area contributed by atoms with Gasteiger partial charge in [-0.2, -0.15) is 0 Å². The second-order valence-electron chi connectivity index (χ2n) is 5.61. The fourth-order valence-electron chi connectivity index (χ4n) is 2.10. The topological polar surface area (TPSA) is 12.4 Å². The quantitative estimate of drug-likeness (QED) is 0.664. The summed E-state index contributed by atoms with van der Waals surface area (Å²) in [6.45, 7) is 7.93. The molecule has 1 aromatic carbocycles. The standard InChI is InChI=1S/C14H20BN/c1-10(2)14(3)8-13(16-9-14)11-4-6-12(15)7-5-11/h4-7,10H,8-9,15H2,1-3H3. The molecule has 0 spiro atoms. The van der Waals surface area contributed by atoms with Gasteiger partial charge in [-0.3, -0.25) is 4.99 Å². The van der Waals surface area contributed by atoms with Gasteiger partial charge in [-0.25, -0.2) is 0 Å². The zero-order valence-corrected chi connectivity index (χ0v) is 10.7. The van der Waals surface area contributed by atoms with Crippen LogP contribution < -0.4 is 5.46 Å². The van der Waals surface area contributed by atoms with Crippen molar-refractivity contribution >= 4 is 19.0 Å². The SMILES string of the molecule is Bc1ccc(C2=NCC(C)(C(C)C)C2)cc1. The number of hydrogen-bond donors (Lipinski definition) is 0. The van der Waals surface area contributed by atoms with Gasteiger partial charge in [0.05, 0.1) is 0 Å². The van der Waals surface area contributed by atoms with E-state index in [0.717, 1.165) is 13.0 Å². The molecule has 16 heavy (non-hydrogen) atoms. The minimum Gasteiger partial charge on any atom is -0.289 e. The predicted octanol–water partition coefficient (Wildman–Crippen LogP) is 1.80. The summed E-state index contributed by atoms with van der Waals surface area (Å²) >= 11 is 0. The number of aliphatic imine (C=N–C) groups is 1. The maximum Gasteiger partial charge on any atom is 0.139 e. The van der Waals surface area contributed by atoms with Gasteiger partial charge in [0.15, 0.2) is 0 Å². The van der Waals surface area contributed by atoms with Gasteiger partial charge in [-0.1, -0.05) is 50.5 Å². The van der Waals surface area contributed by atoms with E-state index in [9.17, 15) is 0 Å². The van der Waals surface area contributed by atoms with Crippen molar-refractivity contribution in [1.82, 2.24) is 0 Å². The van der Waals surface area contributed by atoms with Crippen LogP contribution in [0.15, 0.2) is 29.3 Å². The molecule has 0 bridgehead atoms. The molecule has 0 radical (unpaired) electrons. The third-order valence-corrected chi connectivity index (χ3v) is 3.98. The summed E-state index contributed by atoms with van der Waals surface area (Å²) in [5.74, 6) is 0.694. The van der Waals surface area contributed by atoms with Gasteiger partial charge < -0.3 is 0 Å². The molecule has 1 aliphatic rings. The highest BCUT2D eigenvalue weighted by atomic mass is 14.8. The van der Waals surface area contributed by atoms with E-state index in [4.69, 9.17) is 4.99 Å². The Morgan fingerprint density at radius 1 is 1.25 bits per heavy atom. The van der Waals surface area contributed by atoms with Crippen LogP contribution in [-0.4, -0.2) is 20.1 Å². The molecule has 2 heteroatoms. The van der Waals surface area contributed by atoms with Gasteiger partial charge in [0.1, 0.15) is 7.85 Å². The van der Waals surface area contributed by atoms with Crippen LogP contribution in [0.4, 0.5) is 0 Å². The van der Waals surface area contributed by atoms with Crippen LogP contribution in [0, 0.1) is 11.3 Å². The molecule has 0 N–H and O–H groups in total. The largest absolute Gasteiger partial charge is 0.289 e. The maximum atomic E-state index is 4.73. The van der Waals surface area contributed by atoms with Crippen molar-refractivity contribution < 1.29 is 0 Å². The zero-order valence-electron chi connectivity index (χ0n) is 10.7. The van der Waals surface area contributed by atoms with Gasteiger partial charge in [0.2, 0.25) is 0 Å². The summed E-state index contributed by atoms with van der Waals surface area (Å²) in [6, 6.07) is 8.73. The Kier molecular flexibility index (Phi) is 2.92. The molecule has 0 aliphatic carbocycles. The minimum atomic E-state index is 0.361. The van der Waals surface area contributed by atoms with Crippen molar-refractivity contribution in [2.24, 2.45) is 16.3 Å². The lowest BCUT2D eigenvalue weighted by molar-refractivity contribution is 0.256. The number of hydrogen-bond acceptors (Lipinski definition) is 1. The lowest BCUT2D eigenvalue weighted by Gasteiger charge is -2.27. The minimum absolute atomic E-state index is 0.361. The molecule has 2 rings (SSSR count). The molecule has 0 fully saturated rings. The first-order valence-electron chi connectivity index (χ1n) is 6.12. The van der Waals surface area contributed by atoms with Gasteiger partial charge in [0.25, 0.3) is 0 Å². The molecule has 0 amide bonds. The molecule has 1 heterocycles.